The summed E-state index contributed by atoms with van der Waals surface area (Å²) < 4.78 is 3.59. The van der Waals surface area contributed by atoms with E-state index in [2.05, 4.69) is 5.10 Å². The number of aliphatic hydroxyl groups is 1. The Morgan fingerprint density at radius 1 is 1.43 bits per heavy atom. The van der Waals surface area contributed by atoms with Gasteiger partial charge >= 0.3 is 0 Å². The third kappa shape index (κ3) is 2.58. The lowest BCUT2D eigenvalue weighted by molar-refractivity contribution is 0.0265. The van der Waals surface area contributed by atoms with E-state index in [-0.39, 0.29) is 12.0 Å². The second kappa shape index (κ2) is 5.37. The van der Waals surface area contributed by atoms with Crippen LogP contribution in [0.1, 0.15) is 23.2 Å². The Balaban J connectivity index is 1.79. The van der Waals surface area contributed by atoms with Gasteiger partial charge in [0.2, 0.25) is 0 Å². The normalized spacial score (nSPS) is 21.1. The number of hydrogen-bond acceptors (Lipinski definition) is 3. The van der Waals surface area contributed by atoms with Gasteiger partial charge in [0.15, 0.2) is 0 Å². The van der Waals surface area contributed by atoms with Crippen LogP contribution < -0.4 is 0 Å². The van der Waals surface area contributed by atoms with Gasteiger partial charge < -0.3 is 14.6 Å². The fourth-order valence-electron chi connectivity index (χ4n) is 2.89. The first-order valence-corrected chi connectivity index (χ1v) is 7.15. The van der Waals surface area contributed by atoms with Crippen LogP contribution in [0.5, 0.6) is 0 Å². The molecule has 0 spiro atoms. The van der Waals surface area contributed by atoms with Crippen LogP contribution in [0.4, 0.5) is 0 Å². The van der Waals surface area contributed by atoms with Gasteiger partial charge in [-0.3, -0.25) is 9.48 Å². The van der Waals surface area contributed by atoms with E-state index in [0.29, 0.717) is 18.0 Å². The predicted molar refractivity (Wildman–Crippen MR) is 78.2 cm³/mol. The summed E-state index contributed by atoms with van der Waals surface area (Å²) in [5.41, 5.74) is 0.594. The highest BCUT2D eigenvalue weighted by atomic mass is 16.3. The van der Waals surface area contributed by atoms with Crippen LogP contribution in [-0.2, 0) is 7.05 Å². The molecule has 3 rings (SSSR count). The first-order valence-electron chi connectivity index (χ1n) is 7.15. The third-order valence-electron chi connectivity index (χ3n) is 4.08. The number of hydrogen-bond donors (Lipinski definition) is 1. The smallest absolute Gasteiger partial charge is 0.259 e. The number of amides is 1. The zero-order valence-electron chi connectivity index (χ0n) is 12.3. The van der Waals surface area contributed by atoms with Crippen molar-refractivity contribution in [2.24, 2.45) is 13.0 Å². The highest BCUT2D eigenvalue weighted by Gasteiger charge is 2.30. The molecule has 2 heterocycles. The highest BCUT2D eigenvalue weighted by molar-refractivity contribution is 5.97. The van der Waals surface area contributed by atoms with Gasteiger partial charge in [0.1, 0.15) is 11.4 Å². The minimum Gasteiger partial charge on any atom is -0.393 e. The molecule has 0 bridgehead atoms. The molecule has 6 nitrogen and oxygen atoms in total. The maximum Gasteiger partial charge on any atom is 0.259 e. The summed E-state index contributed by atoms with van der Waals surface area (Å²) in [6.07, 6.45) is 6.80. The largest absolute Gasteiger partial charge is 0.393 e. The molecule has 1 fully saturated rings. The number of nitrogens with zero attached hydrogens (tertiary/aromatic N) is 4. The molecule has 112 valence electrons. The zero-order chi connectivity index (χ0) is 15.0. The van der Waals surface area contributed by atoms with Crippen LogP contribution >= 0.6 is 0 Å². The highest BCUT2D eigenvalue weighted by Crippen LogP contribution is 2.28. The van der Waals surface area contributed by atoms with E-state index >= 15 is 0 Å². The van der Waals surface area contributed by atoms with Crippen molar-refractivity contribution in [1.82, 2.24) is 19.2 Å². The van der Waals surface area contributed by atoms with Crippen molar-refractivity contribution in [1.29, 1.82) is 0 Å². The maximum atomic E-state index is 12.6. The number of aromatic nitrogens is 3. The molecular weight excluding hydrogens is 268 g/mol. The molecule has 2 aromatic heterocycles. The van der Waals surface area contributed by atoms with Crippen LogP contribution in [-0.4, -0.2) is 50.0 Å². The van der Waals surface area contributed by atoms with Crippen molar-refractivity contribution in [3.8, 4) is 5.82 Å². The fraction of sp³-hybridized carbons (Fsp3) is 0.467. The number of aliphatic hydroxyl groups excluding tert-OH is 1. The molecular formula is C15H20N4O2. The van der Waals surface area contributed by atoms with E-state index in [9.17, 15) is 9.90 Å². The van der Waals surface area contributed by atoms with E-state index in [1.54, 1.807) is 22.8 Å². The standard InChI is InChI=1S/C15H20N4O2/c1-17(10-11-7-12(20)8-11)15(21)13-9-16-18(2)14(13)19-5-3-4-6-19/h3-6,9,11-12,20H,7-8,10H2,1-2H3. The SMILES string of the molecule is CN(CC1CC(O)C1)C(=O)c1cnn(C)c1-n1cccc1. The van der Waals surface area contributed by atoms with E-state index in [0.717, 1.165) is 18.7 Å². The summed E-state index contributed by atoms with van der Waals surface area (Å²) in [6, 6.07) is 3.83. The number of aryl methyl sites for hydroxylation is 1. The topological polar surface area (TPSA) is 63.3 Å². The molecule has 1 aliphatic rings. The van der Waals surface area contributed by atoms with Gasteiger partial charge in [-0.2, -0.15) is 5.10 Å². The van der Waals surface area contributed by atoms with Crippen LogP contribution in [0.15, 0.2) is 30.7 Å². The van der Waals surface area contributed by atoms with Gasteiger partial charge in [-0.25, -0.2) is 0 Å². The van der Waals surface area contributed by atoms with E-state index < -0.39 is 0 Å². The van der Waals surface area contributed by atoms with Crippen molar-refractivity contribution in [2.45, 2.75) is 18.9 Å². The summed E-state index contributed by atoms with van der Waals surface area (Å²) >= 11 is 0. The summed E-state index contributed by atoms with van der Waals surface area (Å²) in [5.74, 6) is 1.14. The van der Waals surface area contributed by atoms with Crippen LogP contribution in [0, 0.1) is 5.92 Å². The Labute approximate surface area is 123 Å². The molecule has 21 heavy (non-hydrogen) atoms. The average molecular weight is 288 g/mol. The Morgan fingerprint density at radius 2 is 2.10 bits per heavy atom. The second-order valence-corrected chi connectivity index (χ2v) is 5.77. The van der Waals surface area contributed by atoms with Gasteiger partial charge in [0, 0.05) is 33.0 Å². The summed E-state index contributed by atoms with van der Waals surface area (Å²) in [6.45, 7) is 0.676. The molecule has 0 aliphatic heterocycles. The monoisotopic (exact) mass is 288 g/mol. The fourth-order valence-corrected chi connectivity index (χ4v) is 2.89. The molecule has 1 aliphatic carbocycles. The van der Waals surface area contributed by atoms with E-state index in [1.165, 1.54) is 0 Å². The lowest BCUT2D eigenvalue weighted by Gasteiger charge is -2.34. The van der Waals surface area contributed by atoms with Crippen molar-refractivity contribution in [3.05, 3.63) is 36.3 Å². The average Bonchev–Trinajstić information content (AvgIpc) is 3.04. The third-order valence-corrected chi connectivity index (χ3v) is 4.08. The first kappa shape index (κ1) is 13.9. The van der Waals surface area contributed by atoms with Gasteiger partial charge in [0.25, 0.3) is 5.91 Å². The Bertz CT molecular complexity index is 626. The van der Waals surface area contributed by atoms with Crippen molar-refractivity contribution < 1.29 is 9.90 Å². The van der Waals surface area contributed by atoms with E-state index in [4.69, 9.17) is 0 Å². The van der Waals surface area contributed by atoms with Crippen molar-refractivity contribution in [3.63, 3.8) is 0 Å². The quantitative estimate of drug-likeness (QED) is 0.915. The van der Waals surface area contributed by atoms with Crippen LogP contribution in [0.3, 0.4) is 0 Å². The molecule has 0 saturated heterocycles. The predicted octanol–water partition coefficient (Wildman–Crippen LogP) is 1.05. The molecule has 1 amide bonds. The van der Waals surface area contributed by atoms with Gasteiger partial charge in [-0.15, -0.1) is 0 Å². The summed E-state index contributed by atoms with van der Waals surface area (Å²) in [4.78, 5) is 14.4. The molecule has 0 aromatic carbocycles. The molecule has 6 heteroatoms. The van der Waals surface area contributed by atoms with Crippen molar-refractivity contribution >= 4 is 5.91 Å². The van der Waals surface area contributed by atoms with Gasteiger partial charge in [0.05, 0.1) is 12.3 Å². The molecule has 0 atom stereocenters. The van der Waals surface area contributed by atoms with Gasteiger partial charge in [-0.1, -0.05) is 0 Å². The zero-order valence-corrected chi connectivity index (χ0v) is 12.3. The number of rotatable bonds is 4. The lowest BCUT2D eigenvalue weighted by Crippen LogP contribution is -2.39. The first-order chi connectivity index (χ1) is 10.1. The molecule has 1 saturated carbocycles. The Hall–Kier alpha value is -2.08. The number of carbonyl (C=O) groups is 1. The molecule has 0 radical (unpaired) electrons. The minimum atomic E-state index is -0.188. The second-order valence-electron chi connectivity index (χ2n) is 5.77. The van der Waals surface area contributed by atoms with E-state index in [1.807, 2.05) is 36.1 Å². The molecule has 2 aromatic rings. The minimum absolute atomic E-state index is 0.0341. The summed E-state index contributed by atoms with van der Waals surface area (Å²) in [7, 11) is 3.63. The maximum absolute atomic E-state index is 12.6. The van der Waals surface area contributed by atoms with Crippen LogP contribution in [0.25, 0.3) is 5.82 Å². The number of carbonyl (C=O) groups excluding carboxylic acids is 1. The molecule has 1 N–H and O–H groups in total. The van der Waals surface area contributed by atoms with Crippen LogP contribution in [0.2, 0.25) is 0 Å². The Kier molecular flexibility index (Phi) is 3.55. The van der Waals surface area contributed by atoms with Gasteiger partial charge in [-0.05, 0) is 30.9 Å². The van der Waals surface area contributed by atoms with Crippen molar-refractivity contribution in [2.75, 3.05) is 13.6 Å². The Morgan fingerprint density at radius 3 is 2.71 bits per heavy atom. The lowest BCUT2D eigenvalue weighted by atomic mass is 9.82. The summed E-state index contributed by atoms with van der Waals surface area (Å²) in [5, 5.41) is 13.5. The molecule has 0 unspecified atom stereocenters.